The molecule has 1 aliphatic heterocycles. The number of hydrogen-bond acceptors (Lipinski definition) is 2. The molecule has 1 rings (SSSR count). The summed E-state index contributed by atoms with van der Waals surface area (Å²) in [6, 6.07) is 0. The third-order valence-electron chi connectivity index (χ3n) is 1.44. The first-order valence-corrected chi connectivity index (χ1v) is 4.35. The summed E-state index contributed by atoms with van der Waals surface area (Å²) in [6.07, 6.45) is 6.63. The van der Waals surface area contributed by atoms with Gasteiger partial charge in [0.2, 0.25) is 0 Å². The minimum Gasteiger partial charge on any atom is -0.275 e. The van der Waals surface area contributed by atoms with Gasteiger partial charge in [-0.15, -0.1) is 0 Å². The summed E-state index contributed by atoms with van der Waals surface area (Å²) in [4.78, 5) is 14.7. The zero-order chi connectivity index (χ0) is 9.84. The number of carbonyl (C=O) groups excluding carboxylic acids is 1. The molecule has 0 amide bonds. The van der Waals surface area contributed by atoms with Gasteiger partial charge in [-0.3, -0.25) is 4.79 Å². The molecular weight excluding hydrogens is 209 g/mol. The van der Waals surface area contributed by atoms with Crippen LogP contribution in [0.5, 0.6) is 0 Å². The highest BCUT2D eigenvalue weighted by Gasteiger charge is 2.10. The Labute approximate surface area is 86.2 Å². The van der Waals surface area contributed by atoms with Gasteiger partial charge in [0.05, 0.1) is 5.57 Å². The van der Waals surface area contributed by atoms with Crippen molar-refractivity contribution in [2.45, 2.75) is 6.92 Å². The highest BCUT2D eigenvalue weighted by molar-refractivity contribution is 6.81. The maximum Gasteiger partial charge on any atom is 0.255 e. The fourth-order valence-corrected chi connectivity index (χ4v) is 1.18. The molecule has 0 fully saturated rings. The van der Waals surface area contributed by atoms with Crippen molar-refractivity contribution in [1.29, 1.82) is 0 Å². The molecule has 0 saturated heterocycles. The van der Waals surface area contributed by atoms with Crippen molar-refractivity contribution < 1.29 is 4.79 Å². The smallest absolute Gasteiger partial charge is 0.255 e. The van der Waals surface area contributed by atoms with Crippen molar-refractivity contribution >= 4 is 33.6 Å². The van der Waals surface area contributed by atoms with E-state index in [4.69, 9.17) is 23.2 Å². The Morgan fingerprint density at radius 3 is 2.85 bits per heavy atom. The lowest BCUT2D eigenvalue weighted by atomic mass is 10.2. The van der Waals surface area contributed by atoms with Crippen LogP contribution in [-0.2, 0) is 4.79 Å². The first-order valence-electron chi connectivity index (χ1n) is 3.60. The van der Waals surface area contributed by atoms with Crippen LogP contribution in [0.4, 0.5) is 0 Å². The van der Waals surface area contributed by atoms with E-state index in [-0.39, 0.29) is 10.7 Å². The van der Waals surface area contributed by atoms with Crippen LogP contribution >= 0.6 is 23.2 Å². The maximum absolute atomic E-state index is 10.8. The van der Waals surface area contributed by atoms with Crippen LogP contribution < -0.4 is 0 Å². The summed E-state index contributed by atoms with van der Waals surface area (Å²) in [5, 5.41) is -0.491. The molecule has 68 valence electrons. The van der Waals surface area contributed by atoms with Gasteiger partial charge in [0, 0.05) is 6.20 Å². The Bertz CT molecular complexity index is 351. The number of hydrogen-bond donors (Lipinski definition) is 0. The molecule has 0 atom stereocenters. The fraction of sp³-hybridized carbons (Fsp3) is 0.111. The van der Waals surface area contributed by atoms with Crippen LogP contribution in [0, 0.1) is 0 Å². The van der Waals surface area contributed by atoms with E-state index in [0.29, 0.717) is 0 Å². The van der Waals surface area contributed by atoms with E-state index in [1.54, 1.807) is 12.3 Å². The number of allylic oxidation sites excluding steroid dienone is 5. The van der Waals surface area contributed by atoms with Crippen LogP contribution in [0.15, 0.2) is 40.6 Å². The molecular formula is C9H7Cl2NO. The SMILES string of the molecule is CC1=CN=C(Cl)/C(C(=O)Cl)=C\C=C1. The van der Waals surface area contributed by atoms with Gasteiger partial charge >= 0.3 is 0 Å². The molecule has 0 radical (unpaired) electrons. The van der Waals surface area contributed by atoms with Crippen LogP contribution in [0.25, 0.3) is 0 Å². The Kier molecular flexibility index (Phi) is 3.46. The van der Waals surface area contributed by atoms with Crippen molar-refractivity contribution in [1.82, 2.24) is 0 Å². The number of aliphatic imine (C=N–C) groups is 1. The number of halogens is 2. The number of carbonyl (C=O) groups is 1. The van der Waals surface area contributed by atoms with E-state index in [0.717, 1.165) is 5.57 Å². The summed E-state index contributed by atoms with van der Waals surface area (Å²) in [5.74, 6) is 0. The van der Waals surface area contributed by atoms with Crippen molar-refractivity contribution in [2.24, 2.45) is 4.99 Å². The molecule has 0 N–H and O–H groups in total. The third kappa shape index (κ3) is 2.83. The molecule has 0 spiro atoms. The summed E-state index contributed by atoms with van der Waals surface area (Å²) < 4.78 is 0. The monoisotopic (exact) mass is 215 g/mol. The zero-order valence-corrected chi connectivity index (χ0v) is 8.43. The first-order chi connectivity index (χ1) is 6.11. The van der Waals surface area contributed by atoms with E-state index in [2.05, 4.69) is 4.99 Å². The topological polar surface area (TPSA) is 29.4 Å². The Balaban J connectivity index is 3.08. The van der Waals surface area contributed by atoms with Gasteiger partial charge in [0.25, 0.3) is 5.24 Å². The Morgan fingerprint density at radius 2 is 2.23 bits per heavy atom. The minimum atomic E-state index is -0.605. The number of nitrogens with zero attached hydrogens (tertiary/aromatic N) is 1. The summed E-state index contributed by atoms with van der Waals surface area (Å²) in [5.41, 5.74) is 1.17. The van der Waals surface area contributed by atoms with Crippen LogP contribution in [0.2, 0.25) is 0 Å². The van der Waals surface area contributed by atoms with Crippen LogP contribution in [0.3, 0.4) is 0 Å². The van der Waals surface area contributed by atoms with Crippen molar-refractivity contribution in [2.75, 3.05) is 0 Å². The molecule has 1 heterocycles. The molecule has 0 bridgehead atoms. The van der Waals surface area contributed by atoms with Crippen molar-refractivity contribution in [3.8, 4) is 0 Å². The summed E-state index contributed by atoms with van der Waals surface area (Å²) in [6.45, 7) is 1.88. The largest absolute Gasteiger partial charge is 0.275 e. The van der Waals surface area contributed by atoms with E-state index in [1.807, 2.05) is 13.0 Å². The molecule has 4 heteroatoms. The van der Waals surface area contributed by atoms with E-state index in [1.165, 1.54) is 6.08 Å². The molecule has 13 heavy (non-hydrogen) atoms. The van der Waals surface area contributed by atoms with Crippen LogP contribution in [-0.4, -0.2) is 10.4 Å². The zero-order valence-electron chi connectivity index (χ0n) is 6.92. The Morgan fingerprint density at radius 1 is 1.54 bits per heavy atom. The van der Waals surface area contributed by atoms with E-state index < -0.39 is 5.24 Å². The van der Waals surface area contributed by atoms with Gasteiger partial charge in [-0.25, -0.2) is 4.99 Å². The van der Waals surface area contributed by atoms with Gasteiger partial charge in [0.1, 0.15) is 5.17 Å². The molecule has 0 aliphatic carbocycles. The molecule has 0 saturated carbocycles. The predicted octanol–water partition coefficient (Wildman–Crippen LogP) is 2.79. The average Bonchev–Trinajstić information content (AvgIpc) is 2.05. The lowest BCUT2D eigenvalue weighted by Crippen LogP contribution is -2.02. The maximum atomic E-state index is 10.8. The average molecular weight is 216 g/mol. The Hall–Kier alpha value is -0.860. The van der Waals surface area contributed by atoms with Gasteiger partial charge in [-0.2, -0.15) is 0 Å². The molecule has 0 aromatic heterocycles. The second-order valence-corrected chi connectivity index (χ2v) is 3.21. The number of rotatable bonds is 1. The van der Waals surface area contributed by atoms with Crippen LogP contribution in [0.1, 0.15) is 6.92 Å². The second kappa shape index (κ2) is 4.40. The standard InChI is InChI=1S/C9H7Cl2NO/c1-6-3-2-4-7(9(11)13)8(10)12-5-6/h2-5H,1H3/b3-2?,4-2?,6-3?,6-5?,7-4+,8-7?,12-5?,12-8?. The van der Waals surface area contributed by atoms with Gasteiger partial charge in [0.15, 0.2) is 0 Å². The predicted molar refractivity (Wildman–Crippen MR) is 55.1 cm³/mol. The minimum absolute atomic E-state index is 0.115. The second-order valence-electron chi connectivity index (χ2n) is 2.51. The molecule has 0 aromatic rings. The van der Waals surface area contributed by atoms with E-state index >= 15 is 0 Å². The van der Waals surface area contributed by atoms with Crippen molar-refractivity contribution in [3.63, 3.8) is 0 Å². The molecule has 1 aliphatic rings. The lowest BCUT2D eigenvalue weighted by Gasteiger charge is -1.99. The normalized spacial score (nSPS) is 20.7. The molecule has 0 aromatic carbocycles. The lowest BCUT2D eigenvalue weighted by molar-refractivity contribution is -0.108. The fourth-order valence-electron chi connectivity index (χ4n) is 0.783. The quantitative estimate of drug-likeness (QED) is 0.619. The first kappa shape index (κ1) is 10.2. The van der Waals surface area contributed by atoms with Crippen molar-refractivity contribution in [3.05, 3.63) is 35.6 Å². The van der Waals surface area contributed by atoms with Gasteiger partial charge in [-0.05, 0) is 30.2 Å². The van der Waals surface area contributed by atoms with Gasteiger partial charge < -0.3 is 0 Å². The molecule has 2 nitrogen and oxygen atoms in total. The summed E-state index contributed by atoms with van der Waals surface area (Å²) in [7, 11) is 0. The molecule has 0 unspecified atom stereocenters. The highest BCUT2D eigenvalue weighted by atomic mass is 35.5. The highest BCUT2D eigenvalue weighted by Crippen LogP contribution is 2.11. The third-order valence-corrected chi connectivity index (χ3v) is 1.94. The van der Waals surface area contributed by atoms with Gasteiger partial charge in [-0.1, -0.05) is 23.8 Å². The summed E-state index contributed by atoms with van der Waals surface area (Å²) >= 11 is 11.0. The van der Waals surface area contributed by atoms with E-state index in [9.17, 15) is 4.79 Å².